The van der Waals surface area contributed by atoms with Crippen LogP contribution in [0.15, 0.2) is 29.2 Å². The van der Waals surface area contributed by atoms with Crippen LogP contribution in [0.4, 0.5) is 0 Å². The highest BCUT2D eigenvalue weighted by molar-refractivity contribution is 5.76. The Balaban J connectivity index is 1.88. The Morgan fingerprint density at radius 1 is 1.19 bits per heavy atom. The molecule has 2 aromatic rings. The molecular formula is C16H18N4O. The first-order valence-corrected chi connectivity index (χ1v) is 7.40. The SMILES string of the molecule is N#Cc1ccc2c(c1)ncc(=O)n2CCN1CCCCC1. The zero-order chi connectivity index (χ0) is 14.7. The third kappa shape index (κ3) is 2.96. The number of benzene rings is 1. The van der Waals surface area contributed by atoms with E-state index < -0.39 is 0 Å². The van der Waals surface area contributed by atoms with Crippen LogP contribution < -0.4 is 5.56 Å². The van der Waals surface area contributed by atoms with Gasteiger partial charge < -0.3 is 9.47 Å². The van der Waals surface area contributed by atoms with Crippen molar-refractivity contribution in [2.45, 2.75) is 25.8 Å². The van der Waals surface area contributed by atoms with E-state index in [1.165, 1.54) is 25.5 Å². The summed E-state index contributed by atoms with van der Waals surface area (Å²) in [6, 6.07) is 7.38. The molecule has 1 aliphatic heterocycles. The van der Waals surface area contributed by atoms with Crippen molar-refractivity contribution in [3.63, 3.8) is 0 Å². The third-order valence-corrected chi connectivity index (χ3v) is 4.06. The molecule has 3 rings (SSSR count). The van der Waals surface area contributed by atoms with E-state index in [1.807, 2.05) is 6.07 Å². The molecule has 5 heteroatoms. The Kier molecular flexibility index (Phi) is 3.98. The average molecular weight is 282 g/mol. The van der Waals surface area contributed by atoms with Crippen molar-refractivity contribution in [3.05, 3.63) is 40.3 Å². The monoisotopic (exact) mass is 282 g/mol. The smallest absolute Gasteiger partial charge is 0.269 e. The van der Waals surface area contributed by atoms with Crippen LogP contribution in [0.5, 0.6) is 0 Å². The molecule has 5 nitrogen and oxygen atoms in total. The normalized spacial score (nSPS) is 16.0. The third-order valence-electron chi connectivity index (χ3n) is 4.06. The van der Waals surface area contributed by atoms with Gasteiger partial charge in [0.05, 0.1) is 28.9 Å². The number of piperidine rings is 1. The lowest BCUT2D eigenvalue weighted by Gasteiger charge is -2.26. The molecular weight excluding hydrogens is 264 g/mol. The zero-order valence-corrected chi connectivity index (χ0v) is 12.0. The van der Waals surface area contributed by atoms with Gasteiger partial charge in [-0.25, -0.2) is 4.98 Å². The molecule has 0 unspecified atom stereocenters. The lowest BCUT2D eigenvalue weighted by Crippen LogP contribution is -2.34. The van der Waals surface area contributed by atoms with Gasteiger partial charge in [-0.15, -0.1) is 0 Å². The van der Waals surface area contributed by atoms with Crippen LogP contribution in [0.1, 0.15) is 24.8 Å². The molecule has 1 aliphatic rings. The van der Waals surface area contributed by atoms with E-state index in [1.54, 1.807) is 16.7 Å². The van der Waals surface area contributed by atoms with Gasteiger partial charge in [0, 0.05) is 13.1 Å². The highest BCUT2D eigenvalue weighted by Crippen LogP contribution is 2.13. The molecule has 1 saturated heterocycles. The first kappa shape index (κ1) is 13.8. The second-order valence-electron chi connectivity index (χ2n) is 5.47. The number of fused-ring (bicyclic) bond motifs is 1. The van der Waals surface area contributed by atoms with Gasteiger partial charge in [0.25, 0.3) is 5.56 Å². The minimum atomic E-state index is -0.0794. The molecule has 1 aromatic carbocycles. The van der Waals surface area contributed by atoms with Crippen LogP contribution in [0.25, 0.3) is 11.0 Å². The highest BCUT2D eigenvalue weighted by Gasteiger charge is 2.11. The Hall–Kier alpha value is -2.19. The summed E-state index contributed by atoms with van der Waals surface area (Å²) >= 11 is 0. The average Bonchev–Trinajstić information content (AvgIpc) is 2.54. The van der Waals surface area contributed by atoms with Gasteiger partial charge in [-0.3, -0.25) is 4.79 Å². The number of likely N-dealkylation sites (tertiary alicyclic amines) is 1. The topological polar surface area (TPSA) is 61.9 Å². The molecule has 0 atom stereocenters. The Bertz CT molecular complexity index is 738. The summed E-state index contributed by atoms with van der Waals surface area (Å²) in [5.41, 5.74) is 1.99. The van der Waals surface area contributed by atoms with E-state index in [0.717, 1.165) is 25.2 Å². The van der Waals surface area contributed by atoms with Gasteiger partial charge in [0.15, 0.2) is 0 Å². The van der Waals surface area contributed by atoms with Crippen LogP contribution in [-0.2, 0) is 6.54 Å². The fourth-order valence-electron chi connectivity index (χ4n) is 2.89. The molecule has 0 radical (unpaired) electrons. The summed E-state index contributed by atoms with van der Waals surface area (Å²) in [6.07, 6.45) is 5.15. The number of rotatable bonds is 3. The lowest BCUT2D eigenvalue weighted by atomic mass is 10.1. The van der Waals surface area contributed by atoms with Crippen molar-refractivity contribution in [3.8, 4) is 6.07 Å². The summed E-state index contributed by atoms with van der Waals surface area (Å²) in [6.45, 7) is 3.80. The van der Waals surface area contributed by atoms with Gasteiger partial charge in [0.2, 0.25) is 0 Å². The predicted molar refractivity (Wildman–Crippen MR) is 81.0 cm³/mol. The van der Waals surface area contributed by atoms with Crippen molar-refractivity contribution in [2.75, 3.05) is 19.6 Å². The Morgan fingerprint density at radius 2 is 2.00 bits per heavy atom. The molecule has 0 aliphatic carbocycles. The maximum Gasteiger partial charge on any atom is 0.269 e. The minimum absolute atomic E-state index is 0.0794. The molecule has 2 heterocycles. The van der Waals surface area contributed by atoms with E-state index in [0.29, 0.717) is 17.6 Å². The van der Waals surface area contributed by atoms with Crippen molar-refractivity contribution in [1.29, 1.82) is 5.26 Å². The van der Waals surface area contributed by atoms with E-state index >= 15 is 0 Å². The number of nitrogens with zero attached hydrogens (tertiary/aromatic N) is 4. The number of hydrogen-bond donors (Lipinski definition) is 0. The molecule has 1 aromatic heterocycles. The molecule has 0 amide bonds. The highest BCUT2D eigenvalue weighted by atomic mass is 16.1. The maximum absolute atomic E-state index is 12.1. The van der Waals surface area contributed by atoms with E-state index in [2.05, 4.69) is 16.0 Å². The Morgan fingerprint density at radius 3 is 2.76 bits per heavy atom. The number of nitriles is 1. The van der Waals surface area contributed by atoms with Gasteiger partial charge in [-0.1, -0.05) is 6.42 Å². The van der Waals surface area contributed by atoms with Crippen LogP contribution >= 0.6 is 0 Å². The zero-order valence-electron chi connectivity index (χ0n) is 12.0. The van der Waals surface area contributed by atoms with E-state index in [-0.39, 0.29) is 5.56 Å². The van der Waals surface area contributed by atoms with Crippen molar-refractivity contribution in [1.82, 2.24) is 14.5 Å². The van der Waals surface area contributed by atoms with Crippen molar-refractivity contribution in [2.24, 2.45) is 0 Å². The summed E-state index contributed by atoms with van der Waals surface area (Å²) in [5, 5.41) is 8.94. The second kappa shape index (κ2) is 6.06. The Labute approximate surface area is 123 Å². The predicted octanol–water partition coefficient (Wildman–Crippen LogP) is 1.75. The van der Waals surface area contributed by atoms with Gasteiger partial charge in [-0.2, -0.15) is 5.26 Å². The molecule has 0 saturated carbocycles. The molecule has 21 heavy (non-hydrogen) atoms. The second-order valence-corrected chi connectivity index (χ2v) is 5.47. The number of hydrogen-bond acceptors (Lipinski definition) is 4. The van der Waals surface area contributed by atoms with Gasteiger partial charge in [-0.05, 0) is 44.1 Å². The fourth-order valence-corrected chi connectivity index (χ4v) is 2.89. The van der Waals surface area contributed by atoms with Gasteiger partial charge in [0.1, 0.15) is 0 Å². The maximum atomic E-state index is 12.1. The van der Waals surface area contributed by atoms with E-state index in [9.17, 15) is 4.79 Å². The van der Waals surface area contributed by atoms with Crippen LogP contribution in [0.3, 0.4) is 0 Å². The molecule has 0 bridgehead atoms. The summed E-state index contributed by atoms with van der Waals surface area (Å²) in [4.78, 5) is 18.6. The first-order chi connectivity index (χ1) is 10.3. The minimum Gasteiger partial charge on any atom is -0.304 e. The summed E-state index contributed by atoms with van der Waals surface area (Å²) < 4.78 is 1.76. The largest absolute Gasteiger partial charge is 0.304 e. The molecule has 0 N–H and O–H groups in total. The van der Waals surface area contributed by atoms with Crippen LogP contribution in [0.2, 0.25) is 0 Å². The number of aromatic nitrogens is 2. The first-order valence-electron chi connectivity index (χ1n) is 7.40. The van der Waals surface area contributed by atoms with Crippen molar-refractivity contribution >= 4 is 11.0 Å². The van der Waals surface area contributed by atoms with Gasteiger partial charge >= 0.3 is 0 Å². The molecule has 0 spiro atoms. The molecule has 1 fully saturated rings. The van der Waals surface area contributed by atoms with Crippen LogP contribution in [-0.4, -0.2) is 34.1 Å². The van der Waals surface area contributed by atoms with E-state index in [4.69, 9.17) is 5.26 Å². The fraction of sp³-hybridized carbons (Fsp3) is 0.438. The standard InChI is InChI=1S/C16H18N4O/c17-11-13-4-5-15-14(10-13)18-12-16(21)20(15)9-8-19-6-2-1-3-7-19/h4-5,10,12H,1-3,6-9H2. The summed E-state index contributed by atoms with van der Waals surface area (Å²) in [5.74, 6) is 0. The lowest BCUT2D eigenvalue weighted by molar-refractivity contribution is 0.221. The van der Waals surface area contributed by atoms with Crippen molar-refractivity contribution < 1.29 is 0 Å². The quantitative estimate of drug-likeness (QED) is 0.860. The molecule has 108 valence electrons. The summed E-state index contributed by atoms with van der Waals surface area (Å²) in [7, 11) is 0. The van der Waals surface area contributed by atoms with Crippen LogP contribution in [0, 0.1) is 11.3 Å².